The van der Waals surface area contributed by atoms with Gasteiger partial charge in [0.15, 0.2) is 0 Å². The van der Waals surface area contributed by atoms with E-state index in [2.05, 4.69) is 20.3 Å². The first-order chi connectivity index (χ1) is 12.7. The number of aldehydes is 1. The third-order valence-electron chi connectivity index (χ3n) is 4.87. The van der Waals surface area contributed by atoms with E-state index in [0.29, 0.717) is 5.95 Å². The zero-order valence-corrected chi connectivity index (χ0v) is 14.9. The Hall–Kier alpha value is -2.67. The number of fused-ring (bicyclic) bond motifs is 1. The van der Waals surface area contributed by atoms with Crippen molar-refractivity contribution in [1.29, 1.82) is 0 Å². The molecule has 0 bridgehead atoms. The van der Waals surface area contributed by atoms with Gasteiger partial charge in [0.2, 0.25) is 11.9 Å². The van der Waals surface area contributed by atoms with Crippen LogP contribution in [0.1, 0.15) is 25.7 Å². The molecule has 26 heavy (non-hydrogen) atoms. The fourth-order valence-electron chi connectivity index (χ4n) is 3.32. The van der Waals surface area contributed by atoms with E-state index < -0.39 is 0 Å². The molecule has 1 aliphatic carbocycles. The van der Waals surface area contributed by atoms with Gasteiger partial charge in [0, 0.05) is 29.6 Å². The maximum absolute atomic E-state index is 12.5. The standard InChI is InChI=1S/C19H18N4O2S/c24-10-12-1-3-13(4-2-12)18(25)23-19-21-8-15-6-5-14(7-16(15)22-19)17-9-20-11-26-17/h5-13H,1-4H2,(H,21,22,23,25). The summed E-state index contributed by atoms with van der Waals surface area (Å²) >= 11 is 1.57. The van der Waals surface area contributed by atoms with E-state index in [1.807, 2.05) is 24.4 Å². The number of carbonyl (C=O) groups is 2. The SMILES string of the molecule is O=CC1CCC(C(=O)Nc2ncc3ccc(-c4cncs4)cc3n2)CC1. The van der Waals surface area contributed by atoms with Gasteiger partial charge in [0.05, 0.1) is 15.9 Å². The maximum atomic E-state index is 12.5. The van der Waals surface area contributed by atoms with Crippen LogP contribution in [-0.4, -0.2) is 27.1 Å². The molecule has 2 heterocycles. The van der Waals surface area contributed by atoms with E-state index in [-0.39, 0.29) is 17.7 Å². The summed E-state index contributed by atoms with van der Waals surface area (Å²) in [5.74, 6) is 0.281. The molecular weight excluding hydrogens is 348 g/mol. The van der Waals surface area contributed by atoms with Gasteiger partial charge >= 0.3 is 0 Å². The van der Waals surface area contributed by atoms with Crippen molar-refractivity contribution in [1.82, 2.24) is 15.0 Å². The normalized spacial score (nSPS) is 20.0. The third-order valence-corrected chi connectivity index (χ3v) is 5.69. The highest BCUT2D eigenvalue weighted by molar-refractivity contribution is 7.13. The number of amides is 1. The summed E-state index contributed by atoms with van der Waals surface area (Å²) in [6.45, 7) is 0. The van der Waals surface area contributed by atoms with Crippen molar-refractivity contribution in [3.05, 3.63) is 36.1 Å². The second kappa shape index (κ2) is 7.29. The Balaban J connectivity index is 1.51. The molecule has 1 fully saturated rings. The summed E-state index contributed by atoms with van der Waals surface area (Å²) in [5.41, 5.74) is 3.62. The molecule has 132 valence electrons. The molecule has 0 spiro atoms. The van der Waals surface area contributed by atoms with E-state index in [4.69, 9.17) is 0 Å². The highest BCUT2D eigenvalue weighted by Crippen LogP contribution is 2.29. The van der Waals surface area contributed by atoms with Gasteiger partial charge < -0.3 is 4.79 Å². The highest BCUT2D eigenvalue weighted by Gasteiger charge is 2.26. The first-order valence-corrected chi connectivity index (χ1v) is 9.53. The molecule has 0 saturated heterocycles. The molecule has 1 saturated carbocycles. The monoisotopic (exact) mass is 366 g/mol. The average Bonchev–Trinajstić information content (AvgIpc) is 3.22. The van der Waals surface area contributed by atoms with Gasteiger partial charge in [-0.25, -0.2) is 9.97 Å². The maximum Gasteiger partial charge on any atom is 0.229 e. The van der Waals surface area contributed by atoms with Gasteiger partial charge in [-0.2, -0.15) is 0 Å². The Kier molecular flexibility index (Phi) is 4.71. The van der Waals surface area contributed by atoms with E-state index in [1.165, 1.54) is 0 Å². The summed E-state index contributed by atoms with van der Waals surface area (Å²) in [6.07, 6.45) is 7.57. The third kappa shape index (κ3) is 3.48. The highest BCUT2D eigenvalue weighted by atomic mass is 32.1. The summed E-state index contributed by atoms with van der Waals surface area (Å²) in [7, 11) is 0. The Morgan fingerprint density at radius 1 is 1.19 bits per heavy atom. The van der Waals surface area contributed by atoms with Crippen molar-refractivity contribution in [2.24, 2.45) is 11.8 Å². The molecule has 0 aliphatic heterocycles. The second-order valence-corrected chi connectivity index (χ2v) is 7.46. The Morgan fingerprint density at radius 3 is 2.77 bits per heavy atom. The van der Waals surface area contributed by atoms with E-state index in [9.17, 15) is 9.59 Å². The fourth-order valence-corrected chi connectivity index (χ4v) is 3.94. The van der Waals surface area contributed by atoms with Crippen molar-refractivity contribution in [3.63, 3.8) is 0 Å². The molecule has 0 unspecified atom stereocenters. The number of hydrogen-bond donors (Lipinski definition) is 1. The van der Waals surface area contributed by atoms with Crippen LogP contribution in [0.4, 0.5) is 5.95 Å². The van der Waals surface area contributed by atoms with Crippen LogP contribution in [0.2, 0.25) is 0 Å². The lowest BCUT2D eigenvalue weighted by Gasteiger charge is -2.24. The summed E-state index contributed by atoms with van der Waals surface area (Å²) in [6, 6.07) is 5.97. The minimum Gasteiger partial charge on any atom is -0.303 e. The first kappa shape index (κ1) is 16.8. The Labute approximate surface area is 154 Å². The predicted molar refractivity (Wildman–Crippen MR) is 101 cm³/mol. The van der Waals surface area contributed by atoms with Crippen molar-refractivity contribution in [3.8, 4) is 10.4 Å². The number of thiazole rings is 1. The Morgan fingerprint density at radius 2 is 2.04 bits per heavy atom. The molecule has 1 N–H and O–H groups in total. The molecular formula is C19H18N4O2S. The van der Waals surface area contributed by atoms with Crippen LogP contribution in [0.3, 0.4) is 0 Å². The van der Waals surface area contributed by atoms with Gasteiger partial charge in [0.1, 0.15) is 6.29 Å². The van der Waals surface area contributed by atoms with Crippen molar-refractivity contribution >= 4 is 40.4 Å². The number of carbonyl (C=O) groups excluding carboxylic acids is 2. The number of rotatable bonds is 4. The van der Waals surface area contributed by atoms with Crippen molar-refractivity contribution in [2.45, 2.75) is 25.7 Å². The van der Waals surface area contributed by atoms with Gasteiger partial charge in [-0.3, -0.25) is 15.1 Å². The predicted octanol–water partition coefficient (Wildman–Crippen LogP) is 3.70. The molecule has 0 atom stereocenters. The number of anilines is 1. The molecule has 6 nitrogen and oxygen atoms in total. The number of aromatic nitrogens is 3. The first-order valence-electron chi connectivity index (χ1n) is 8.65. The molecule has 1 amide bonds. The topological polar surface area (TPSA) is 84.8 Å². The molecule has 4 rings (SSSR count). The van der Waals surface area contributed by atoms with Crippen LogP contribution in [0.25, 0.3) is 21.3 Å². The lowest BCUT2D eigenvalue weighted by Crippen LogP contribution is -2.28. The summed E-state index contributed by atoms with van der Waals surface area (Å²) < 4.78 is 0. The minimum absolute atomic E-state index is 0.0627. The molecule has 1 aliphatic rings. The van der Waals surface area contributed by atoms with Crippen molar-refractivity contribution < 1.29 is 9.59 Å². The molecule has 1 aromatic carbocycles. The zero-order valence-electron chi connectivity index (χ0n) is 14.1. The quantitative estimate of drug-likeness (QED) is 0.712. The summed E-state index contributed by atoms with van der Waals surface area (Å²) in [4.78, 5) is 37.2. The second-order valence-electron chi connectivity index (χ2n) is 6.57. The number of nitrogens with one attached hydrogen (secondary N) is 1. The summed E-state index contributed by atoms with van der Waals surface area (Å²) in [5, 5.41) is 3.75. The molecule has 0 radical (unpaired) electrons. The van der Waals surface area contributed by atoms with Gasteiger partial charge in [-0.1, -0.05) is 12.1 Å². The number of hydrogen-bond acceptors (Lipinski definition) is 6. The van der Waals surface area contributed by atoms with E-state index >= 15 is 0 Å². The molecule has 2 aromatic heterocycles. The van der Waals surface area contributed by atoms with Crippen LogP contribution in [-0.2, 0) is 9.59 Å². The average molecular weight is 366 g/mol. The van der Waals surface area contributed by atoms with E-state index in [1.54, 1.807) is 23.0 Å². The van der Waals surface area contributed by atoms with Gasteiger partial charge in [-0.15, -0.1) is 11.3 Å². The number of benzene rings is 1. The van der Waals surface area contributed by atoms with E-state index in [0.717, 1.165) is 53.3 Å². The number of nitrogens with zero attached hydrogens (tertiary/aromatic N) is 3. The van der Waals surface area contributed by atoms with Crippen LogP contribution in [0.15, 0.2) is 36.1 Å². The van der Waals surface area contributed by atoms with Crippen LogP contribution in [0.5, 0.6) is 0 Å². The fraction of sp³-hybridized carbons (Fsp3) is 0.316. The minimum atomic E-state index is -0.0750. The van der Waals surface area contributed by atoms with Crippen LogP contribution < -0.4 is 5.32 Å². The largest absolute Gasteiger partial charge is 0.303 e. The Bertz CT molecular complexity index is 934. The smallest absolute Gasteiger partial charge is 0.229 e. The van der Waals surface area contributed by atoms with Crippen LogP contribution >= 0.6 is 11.3 Å². The van der Waals surface area contributed by atoms with Crippen LogP contribution in [0, 0.1) is 11.8 Å². The van der Waals surface area contributed by atoms with Gasteiger partial charge in [-0.05, 0) is 37.3 Å². The van der Waals surface area contributed by atoms with Gasteiger partial charge in [0.25, 0.3) is 0 Å². The lowest BCUT2D eigenvalue weighted by molar-refractivity contribution is -0.122. The molecule has 3 aromatic rings. The molecule has 7 heteroatoms. The lowest BCUT2D eigenvalue weighted by atomic mass is 9.82. The zero-order chi connectivity index (χ0) is 17.9. The van der Waals surface area contributed by atoms with Crippen molar-refractivity contribution in [2.75, 3.05) is 5.32 Å².